The molecule has 280 valence electrons. The number of hydrogen-bond donors (Lipinski definition) is 1. The van der Waals surface area contributed by atoms with Crippen LogP contribution in [0.3, 0.4) is 0 Å². The second-order valence-corrected chi connectivity index (χ2v) is 15.1. The topological polar surface area (TPSA) is 114 Å². The minimum atomic E-state index is -0.293. The summed E-state index contributed by atoms with van der Waals surface area (Å²) < 4.78 is 14.8. The van der Waals surface area contributed by atoms with E-state index in [9.17, 15) is 9.59 Å². The summed E-state index contributed by atoms with van der Waals surface area (Å²) in [7, 11) is 2.71. The molecule has 8 rings (SSSR count). The molecule has 2 aliphatic carbocycles. The molecule has 2 heterocycles. The van der Waals surface area contributed by atoms with Crippen LogP contribution in [0.4, 0.5) is 0 Å². The SMILES string of the molecule is Brc1nnc(Br)n1-c1ccc(C2CC2)c2ccccc12.C.C.COC(=O)CS.COC(=O)CSc1nnc(Br)n1-c1ccc(C2CC2)c2ccccc12. The predicted molar refractivity (Wildman–Crippen MR) is 227 cm³/mol. The smallest absolute Gasteiger partial charge is 0.316 e. The molecule has 0 radical (unpaired) electrons. The largest absolute Gasteiger partial charge is 0.468 e. The summed E-state index contributed by atoms with van der Waals surface area (Å²) in [6, 6.07) is 25.7. The van der Waals surface area contributed by atoms with Crippen molar-refractivity contribution in [1.29, 1.82) is 0 Å². The molecule has 2 fully saturated rings. The van der Waals surface area contributed by atoms with Crippen LogP contribution in [0.2, 0.25) is 0 Å². The second-order valence-electron chi connectivity index (χ2n) is 11.7. The van der Waals surface area contributed by atoms with Crippen LogP contribution < -0.4 is 0 Å². The van der Waals surface area contributed by atoms with E-state index < -0.39 is 0 Å². The van der Waals surface area contributed by atoms with Crippen LogP contribution in [-0.2, 0) is 19.1 Å². The highest BCUT2D eigenvalue weighted by Crippen LogP contribution is 2.45. The minimum absolute atomic E-state index is 0. The number of rotatable bonds is 8. The van der Waals surface area contributed by atoms with Crippen LogP contribution in [0.25, 0.3) is 32.9 Å². The highest BCUT2D eigenvalue weighted by Gasteiger charge is 2.27. The summed E-state index contributed by atoms with van der Waals surface area (Å²) in [4.78, 5) is 21.3. The first-order valence-corrected chi connectivity index (χ1v) is 20.0. The maximum absolute atomic E-state index is 11.5. The van der Waals surface area contributed by atoms with Gasteiger partial charge in [-0.25, -0.2) is 0 Å². The lowest BCUT2D eigenvalue weighted by Crippen LogP contribution is -2.05. The third-order valence-electron chi connectivity index (χ3n) is 8.47. The van der Waals surface area contributed by atoms with E-state index in [1.807, 2.05) is 15.2 Å². The summed E-state index contributed by atoms with van der Waals surface area (Å²) >= 11 is 15.3. The normalized spacial score (nSPS) is 13.1. The third-order valence-corrected chi connectivity index (χ3v) is 11.2. The fraction of sp³-hybridized carbons (Fsp3) is 0.316. The number of carbonyl (C=O) groups is 2. The Morgan fingerprint density at radius 2 is 1.08 bits per heavy atom. The molecule has 0 unspecified atom stereocenters. The fourth-order valence-electron chi connectivity index (χ4n) is 5.75. The van der Waals surface area contributed by atoms with E-state index in [1.54, 1.807) is 0 Å². The Bertz CT molecular complexity index is 2180. The fourth-order valence-corrected chi connectivity index (χ4v) is 8.32. The number of thioether (sulfide) groups is 1. The number of esters is 2. The van der Waals surface area contributed by atoms with Crippen molar-refractivity contribution in [3.63, 3.8) is 0 Å². The van der Waals surface area contributed by atoms with E-state index in [0.29, 0.717) is 25.3 Å². The number of thiol groups is 1. The summed E-state index contributed by atoms with van der Waals surface area (Å²) in [5, 5.41) is 22.1. The number of hydrogen-bond acceptors (Lipinski definition) is 10. The highest BCUT2D eigenvalue weighted by molar-refractivity contribution is 9.11. The lowest BCUT2D eigenvalue weighted by Gasteiger charge is -2.13. The van der Waals surface area contributed by atoms with Crippen molar-refractivity contribution in [2.45, 2.75) is 57.5 Å². The van der Waals surface area contributed by atoms with Crippen molar-refractivity contribution < 1.29 is 19.1 Å². The molecule has 4 aromatic carbocycles. The van der Waals surface area contributed by atoms with Crippen LogP contribution in [0.5, 0.6) is 0 Å². The van der Waals surface area contributed by atoms with E-state index in [-0.39, 0.29) is 38.3 Å². The van der Waals surface area contributed by atoms with Gasteiger partial charge in [-0.05, 0) is 119 Å². The Labute approximate surface area is 344 Å². The molecule has 0 aliphatic heterocycles. The van der Waals surface area contributed by atoms with E-state index >= 15 is 0 Å². The molecule has 15 heteroatoms. The summed E-state index contributed by atoms with van der Waals surface area (Å²) in [6.07, 6.45) is 5.15. The summed E-state index contributed by atoms with van der Waals surface area (Å²) in [6.45, 7) is 0. The average molecular weight is 950 g/mol. The number of fused-ring (bicyclic) bond motifs is 2. The van der Waals surface area contributed by atoms with Gasteiger partial charge < -0.3 is 9.47 Å². The highest BCUT2D eigenvalue weighted by atomic mass is 79.9. The number of carbonyl (C=O) groups excluding carboxylic acids is 2. The lowest BCUT2D eigenvalue weighted by atomic mass is 9.99. The zero-order valence-corrected chi connectivity index (χ0v) is 34.1. The summed E-state index contributed by atoms with van der Waals surface area (Å²) in [5.74, 6) is 1.19. The number of benzene rings is 4. The Morgan fingerprint density at radius 1 is 0.660 bits per heavy atom. The van der Waals surface area contributed by atoms with Crippen molar-refractivity contribution in [2.75, 3.05) is 25.7 Å². The number of ether oxygens (including phenoxy) is 2. The number of halogens is 3. The van der Waals surface area contributed by atoms with Gasteiger partial charge in [0.15, 0.2) is 5.16 Å². The molecule has 0 N–H and O–H groups in total. The monoisotopic (exact) mass is 946 g/mol. The van der Waals surface area contributed by atoms with E-state index in [0.717, 1.165) is 22.7 Å². The summed E-state index contributed by atoms with van der Waals surface area (Å²) in [5.41, 5.74) is 4.97. The van der Waals surface area contributed by atoms with Gasteiger partial charge in [0.2, 0.25) is 14.2 Å². The lowest BCUT2D eigenvalue weighted by molar-refractivity contribution is -0.138. The van der Waals surface area contributed by atoms with Gasteiger partial charge in [-0.2, -0.15) is 12.6 Å². The van der Waals surface area contributed by atoms with Crippen molar-refractivity contribution in [1.82, 2.24) is 29.5 Å². The van der Waals surface area contributed by atoms with Crippen molar-refractivity contribution in [3.05, 3.63) is 98.1 Å². The second kappa shape index (κ2) is 19.4. The van der Waals surface area contributed by atoms with Gasteiger partial charge in [-0.1, -0.05) is 87.3 Å². The minimum Gasteiger partial charge on any atom is -0.468 e. The van der Waals surface area contributed by atoms with Crippen molar-refractivity contribution >= 4 is 106 Å². The van der Waals surface area contributed by atoms with Crippen molar-refractivity contribution in [3.8, 4) is 11.4 Å². The maximum atomic E-state index is 11.5. The van der Waals surface area contributed by atoms with Gasteiger partial charge in [0.25, 0.3) is 0 Å². The Hall–Kier alpha value is -3.24. The number of nitrogens with zero attached hydrogens (tertiary/aromatic N) is 6. The van der Waals surface area contributed by atoms with Gasteiger partial charge in [-0.15, -0.1) is 20.4 Å². The molecule has 6 aromatic rings. The molecular weight excluding hydrogens is 908 g/mol. The first kappa shape index (κ1) is 42.5. The average Bonchev–Trinajstić information content (AvgIpc) is 4.11. The Balaban J connectivity index is 0.000000202. The molecule has 0 saturated heterocycles. The zero-order chi connectivity index (χ0) is 36.1. The van der Waals surface area contributed by atoms with Gasteiger partial charge >= 0.3 is 11.9 Å². The first-order chi connectivity index (χ1) is 24.7. The van der Waals surface area contributed by atoms with E-state index in [4.69, 9.17) is 4.74 Å². The molecule has 0 bridgehead atoms. The van der Waals surface area contributed by atoms with E-state index in [2.05, 4.69) is 152 Å². The molecule has 0 atom stereocenters. The molecule has 0 spiro atoms. The van der Waals surface area contributed by atoms with Crippen LogP contribution in [0.15, 0.2) is 92.2 Å². The molecule has 2 aliphatic rings. The quantitative estimate of drug-likeness (QED) is 0.0905. The van der Waals surface area contributed by atoms with Gasteiger partial charge in [0.1, 0.15) is 0 Å². The third kappa shape index (κ3) is 9.90. The van der Waals surface area contributed by atoms with Crippen LogP contribution >= 0.6 is 72.2 Å². The number of methoxy groups -OCH3 is 2. The molecule has 2 aromatic heterocycles. The van der Waals surface area contributed by atoms with E-state index in [1.165, 1.54) is 79.0 Å². The zero-order valence-electron chi connectivity index (χ0n) is 27.6. The van der Waals surface area contributed by atoms with Crippen LogP contribution in [0, 0.1) is 0 Å². The Morgan fingerprint density at radius 3 is 1.49 bits per heavy atom. The standard InChI is InChI=1S/C18H16BrN3O2S.C15H11Br2N3.C3H6O2S.2CH4/c1-24-16(23)10-25-18-21-20-17(19)22(18)15-9-8-12(11-6-7-11)13-4-2-3-5-14(13)15;16-14-18-19-15(17)20(14)13-8-7-10(9-5-6-9)11-3-1-2-4-12(11)13;1-5-3(4)2-6;;/h2-5,8-9,11H,6-7,10H2,1H3;1-4,7-9H,5-6H2;6H,2H2,1H3;2*1H4. The maximum Gasteiger partial charge on any atom is 0.316 e. The molecule has 2 saturated carbocycles. The van der Waals surface area contributed by atoms with Gasteiger partial charge in [-0.3, -0.25) is 18.7 Å². The van der Waals surface area contributed by atoms with Crippen molar-refractivity contribution in [2.24, 2.45) is 0 Å². The number of aromatic nitrogens is 6. The molecular formula is C38H41Br3N6O4S2. The molecule has 10 nitrogen and oxygen atoms in total. The Kier molecular flexibility index (Phi) is 15.5. The predicted octanol–water partition coefficient (Wildman–Crippen LogP) is 10.5. The molecule has 53 heavy (non-hydrogen) atoms. The van der Waals surface area contributed by atoms with Crippen LogP contribution in [0.1, 0.15) is 63.5 Å². The van der Waals surface area contributed by atoms with Gasteiger partial charge in [0, 0.05) is 10.8 Å². The first-order valence-electron chi connectivity index (χ1n) is 16.0. The van der Waals surface area contributed by atoms with Gasteiger partial charge in [0.05, 0.1) is 37.1 Å². The molecule has 0 amide bonds. The van der Waals surface area contributed by atoms with Crippen LogP contribution in [-0.4, -0.2) is 67.2 Å².